The van der Waals surface area contributed by atoms with Crippen molar-refractivity contribution in [2.75, 3.05) is 0 Å². The first-order valence-corrected chi connectivity index (χ1v) is 10.5. The Kier molecular flexibility index (Phi) is 5.79. The third-order valence-corrected chi connectivity index (χ3v) is 6.05. The normalized spacial score (nSPS) is 18.4. The van der Waals surface area contributed by atoms with E-state index in [4.69, 9.17) is 0 Å². The van der Waals surface area contributed by atoms with E-state index >= 15 is 0 Å². The van der Waals surface area contributed by atoms with Gasteiger partial charge in [-0.1, -0.05) is 48.5 Å². The number of nitrogens with one attached hydrogen (secondary N) is 2. The molecule has 1 atom stereocenters. The second-order valence-corrected chi connectivity index (χ2v) is 8.19. The molecule has 1 aliphatic rings. The Labute approximate surface area is 176 Å². The molecule has 0 saturated carbocycles. The van der Waals surface area contributed by atoms with Gasteiger partial charge in [0.15, 0.2) is 0 Å². The summed E-state index contributed by atoms with van der Waals surface area (Å²) in [7, 11) is 0. The smallest absolute Gasteiger partial charge is 0.220 e. The number of pyridine rings is 1. The molecule has 1 aliphatic heterocycles. The molecule has 2 amide bonds. The van der Waals surface area contributed by atoms with E-state index < -0.39 is 0 Å². The van der Waals surface area contributed by atoms with Crippen LogP contribution in [0.1, 0.15) is 42.5 Å². The zero-order valence-electron chi connectivity index (χ0n) is 17.3. The lowest BCUT2D eigenvalue weighted by Gasteiger charge is -2.30. The largest absolute Gasteiger partial charge is 0.350 e. The maximum absolute atomic E-state index is 12.5. The van der Waals surface area contributed by atoms with Gasteiger partial charge in [-0.25, -0.2) is 0 Å². The number of hydrogen-bond donors (Lipinski definition) is 2. The Morgan fingerprint density at radius 2 is 1.97 bits per heavy atom. The van der Waals surface area contributed by atoms with Crippen molar-refractivity contribution in [2.24, 2.45) is 0 Å². The van der Waals surface area contributed by atoms with Crippen LogP contribution in [0, 0.1) is 6.92 Å². The number of carbonyl (C=O) groups excluding carboxylic acids is 2. The molecule has 0 aliphatic carbocycles. The molecule has 4 rings (SSSR count). The summed E-state index contributed by atoms with van der Waals surface area (Å²) in [5, 5.41) is 8.56. The van der Waals surface area contributed by atoms with Crippen molar-refractivity contribution in [3.8, 4) is 0 Å². The summed E-state index contributed by atoms with van der Waals surface area (Å²) < 4.78 is 0. The zero-order valence-corrected chi connectivity index (χ0v) is 17.3. The van der Waals surface area contributed by atoms with Gasteiger partial charge < -0.3 is 10.6 Å². The highest BCUT2D eigenvalue weighted by Crippen LogP contribution is 2.32. The second-order valence-electron chi connectivity index (χ2n) is 8.19. The van der Waals surface area contributed by atoms with E-state index in [0.29, 0.717) is 25.8 Å². The fraction of sp³-hybridized carbons (Fsp3) is 0.320. The SMILES string of the molecule is Cc1cccnc1CNC(=O)CCC1(Cc2cccc3ccccc23)CCC(=O)N1. The zero-order chi connectivity index (χ0) is 21.0. The Morgan fingerprint density at radius 3 is 2.77 bits per heavy atom. The van der Waals surface area contributed by atoms with Crippen molar-refractivity contribution in [1.29, 1.82) is 0 Å². The van der Waals surface area contributed by atoms with Gasteiger partial charge in [0.1, 0.15) is 0 Å². The number of amides is 2. The number of fused-ring (bicyclic) bond motifs is 1. The van der Waals surface area contributed by atoms with E-state index in [9.17, 15) is 9.59 Å². The fourth-order valence-electron chi connectivity index (χ4n) is 4.32. The summed E-state index contributed by atoms with van der Waals surface area (Å²) in [5.74, 6) is 0.0539. The molecule has 1 aromatic heterocycles. The number of benzene rings is 2. The lowest BCUT2D eigenvalue weighted by Crippen LogP contribution is -2.44. The van der Waals surface area contributed by atoms with Crippen LogP contribution >= 0.6 is 0 Å². The molecule has 3 aromatic rings. The van der Waals surface area contributed by atoms with Gasteiger partial charge in [0, 0.05) is 24.6 Å². The van der Waals surface area contributed by atoms with Gasteiger partial charge in [-0.3, -0.25) is 14.6 Å². The molecule has 1 saturated heterocycles. The van der Waals surface area contributed by atoms with E-state index in [1.807, 2.05) is 31.2 Å². The van der Waals surface area contributed by atoms with Gasteiger partial charge in [0.2, 0.25) is 11.8 Å². The quantitative estimate of drug-likeness (QED) is 0.632. The van der Waals surface area contributed by atoms with Crippen molar-refractivity contribution in [2.45, 2.75) is 51.1 Å². The first-order chi connectivity index (χ1) is 14.5. The molecule has 5 heteroatoms. The predicted molar refractivity (Wildman–Crippen MR) is 118 cm³/mol. The lowest BCUT2D eigenvalue weighted by molar-refractivity contribution is -0.122. The number of aromatic nitrogens is 1. The number of aryl methyl sites for hydroxylation is 1. The summed E-state index contributed by atoms with van der Waals surface area (Å²) in [4.78, 5) is 28.9. The summed E-state index contributed by atoms with van der Waals surface area (Å²) >= 11 is 0. The molecule has 2 heterocycles. The van der Waals surface area contributed by atoms with Crippen LogP contribution in [0.3, 0.4) is 0 Å². The highest BCUT2D eigenvalue weighted by molar-refractivity contribution is 5.86. The standard InChI is InChI=1S/C25H27N3O2/c1-18-6-5-15-26-22(18)17-27-23(29)11-13-25(14-12-24(30)28-25)16-20-9-4-8-19-7-2-3-10-21(19)20/h2-10,15H,11-14,16-17H2,1H3,(H,27,29)(H,28,30). The molecule has 0 spiro atoms. The summed E-state index contributed by atoms with van der Waals surface area (Å²) in [6, 6.07) is 18.5. The number of carbonyl (C=O) groups is 2. The molecular weight excluding hydrogens is 374 g/mol. The van der Waals surface area contributed by atoms with Crippen LogP contribution in [-0.4, -0.2) is 22.3 Å². The Morgan fingerprint density at radius 1 is 1.13 bits per heavy atom. The molecule has 2 aromatic carbocycles. The Bertz CT molecular complexity index is 1070. The van der Waals surface area contributed by atoms with Crippen LogP contribution in [0.25, 0.3) is 10.8 Å². The molecule has 0 radical (unpaired) electrons. The molecule has 0 bridgehead atoms. The van der Waals surface area contributed by atoms with Crippen LogP contribution < -0.4 is 10.6 Å². The van der Waals surface area contributed by atoms with Gasteiger partial charge in [-0.2, -0.15) is 0 Å². The van der Waals surface area contributed by atoms with E-state index in [0.717, 1.165) is 24.1 Å². The monoisotopic (exact) mass is 401 g/mol. The molecule has 2 N–H and O–H groups in total. The third-order valence-electron chi connectivity index (χ3n) is 6.05. The third kappa shape index (κ3) is 4.51. The van der Waals surface area contributed by atoms with Crippen molar-refractivity contribution in [3.63, 3.8) is 0 Å². The van der Waals surface area contributed by atoms with Crippen LogP contribution in [0.15, 0.2) is 60.8 Å². The molecule has 5 nitrogen and oxygen atoms in total. The minimum Gasteiger partial charge on any atom is -0.350 e. The van der Waals surface area contributed by atoms with Gasteiger partial charge in [-0.15, -0.1) is 0 Å². The summed E-state index contributed by atoms with van der Waals surface area (Å²) in [6.07, 6.45) is 4.72. The first kappa shape index (κ1) is 20.1. The van der Waals surface area contributed by atoms with Crippen LogP contribution in [-0.2, 0) is 22.6 Å². The van der Waals surface area contributed by atoms with Crippen molar-refractivity contribution >= 4 is 22.6 Å². The summed E-state index contributed by atoms with van der Waals surface area (Å²) in [6.45, 7) is 2.41. The van der Waals surface area contributed by atoms with Gasteiger partial charge in [0.25, 0.3) is 0 Å². The lowest BCUT2D eigenvalue weighted by atomic mass is 9.83. The molecule has 30 heavy (non-hydrogen) atoms. The van der Waals surface area contributed by atoms with Gasteiger partial charge in [0.05, 0.1) is 12.2 Å². The van der Waals surface area contributed by atoms with E-state index in [1.54, 1.807) is 6.20 Å². The van der Waals surface area contributed by atoms with Crippen molar-refractivity contribution in [1.82, 2.24) is 15.6 Å². The Balaban J connectivity index is 1.44. The van der Waals surface area contributed by atoms with Crippen LogP contribution in [0.2, 0.25) is 0 Å². The maximum Gasteiger partial charge on any atom is 0.220 e. The molecule has 154 valence electrons. The second kappa shape index (κ2) is 8.66. The van der Waals surface area contributed by atoms with Gasteiger partial charge in [-0.05, 0) is 54.2 Å². The Hall–Kier alpha value is -3.21. The van der Waals surface area contributed by atoms with Gasteiger partial charge >= 0.3 is 0 Å². The highest BCUT2D eigenvalue weighted by atomic mass is 16.2. The average molecular weight is 402 g/mol. The predicted octanol–water partition coefficient (Wildman–Crippen LogP) is 3.83. The molecule has 1 unspecified atom stereocenters. The highest BCUT2D eigenvalue weighted by Gasteiger charge is 2.38. The number of hydrogen-bond acceptors (Lipinski definition) is 3. The number of rotatable bonds is 7. The number of nitrogens with zero attached hydrogens (tertiary/aromatic N) is 1. The van der Waals surface area contributed by atoms with E-state index in [-0.39, 0.29) is 17.4 Å². The topological polar surface area (TPSA) is 71.1 Å². The van der Waals surface area contributed by atoms with Crippen LogP contribution in [0.5, 0.6) is 0 Å². The molecular formula is C25H27N3O2. The maximum atomic E-state index is 12.5. The van der Waals surface area contributed by atoms with Crippen LogP contribution in [0.4, 0.5) is 0 Å². The fourth-order valence-corrected chi connectivity index (χ4v) is 4.32. The van der Waals surface area contributed by atoms with Crippen molar-refractivity contribution in [3.05, 3.63) is 77.6 Å². The molecule has 1 fully saturated rings. The first-order valence-electron chi connectivity index (χ1n) is 10.5. The van der Waals surface area contributed by atoms with E-state index in [1.165, 1.54) is 16.3 Å². The summed E-state index contributed by atoms with van der Waals surface area (Å²) in [5.41, 5.74) is 2.78. The van der Waals surface area contributed by atoms with E-state index in [2.05, 4.69) is 45.9 Å². The average Bonchev–Trinajstić information content (AvgIpc) is 3.12. The minimum absolute atomic E-state index is 0.0153. The van der Waals surface area contributed by atoms with Crippen molar-refractivity contribution < 1.29 is 9.59 Å². The minimum atomic E-state index is -0.376.